The fourth-order valence-electron chi connectivity index (χ4n) is 4.70. The highest BCUT2D eigenvalue weighted by molar-refractivity contribution is 6.04. The molecule has 2 heterocycles. The summed E-state index contributed by atoms with van der Waals surface area (Å²) in [6.45, 7) is 3.23. The molecule has 2 aliphatic heterocycles. The Labute approximate surface area is 197 Å². The molecule has 0 spiro atoms. The number of likely N-dealkylation sites (tertiary alicyclic amines) is 1. The minimum atomic E-state index is -0.411. The number of rotatable bonds is 8. The van der Waals surface area contributed by atoms with Crippen LogP contribution in [0.25, 0.3) is 0 Å². The summed E-state index contributed by atoms with van der Waals surface area (Å²) in [6, 6.07) is 11.8. The molecule has 0 radical (unpaired) electrons. The Hall–Kier alpha value is -3.66. The number of carbonyl (C=O) groups excluding carboxylic acids is 2. The predicted octanol–water partition coefficient (Wildman–Crippen LogP) is 0.687. The van der Waals surface area contributed by atoms with Gasteiger partial charge in [0, 0.05) is 24.4 Å². The molecule has 0 bridgehead atoms. The van der Waals surface area contributed by atoms with Crippen molar-refractivity contribution in [3.63, 3.8) is 0 Å². The molecule has 0 aromatic heterocycles. The summed E-state index contributed by atoms with van der Waals surface area (Å²) in [6.07, 6.45) is 0.783. The number of nitrogens with one attached hydrogen (secondary N) is 1. The quantitative estimate of drug-likeness (QED) is 0.344. The van der Waals surface area contributed by atoms with Gasteiger partial charge in [0.25, 0.3) is 11.6 Å². The predicted molar refractivity (Wildman–Crippen MR) is 124 cm³/mol. The number of amides is 2. The first-order valence-electron chi connectivity index (χ1n) is 11.3. The van der Waals surface area contributed by atoms with Crippen molar-refractivity contribution < 1.29 is 28.9 Å². The molecule has 10 heteroatoms. The Morgan fingerprint density at radius 3 is 2.32 bits per heavy atom. The van der Waals surface area contributed by atoms with E-state index in [1.54, 1.807) is 26.4 Å². The number of nitro benzene ring substituents is 1. The number of hydrogen-bond acceptors (Lipinski definition) is 7. The van der Waals surface area contributed by atoms with Crippen molar-refractivity contribution in [2.24, 2.45) is 0 Å². The fraction of sp³-hybridized carbons (Fsp3) is 0.417. The second-order valence-corrected chi connectivity index (χ2v) is 8.50. The third-order valence-corrected chi connectivity index (χ3v) is 6.64. The standard InChI is InChI=1S/C24H28N4O6/c1-33-21-8-3-17(15-22(21)34-2)9-10-27-23(29)16-20(24(27)30)26-13-11-25(12-14-26)18-4-6-19(7-5-18)28(31)32/h3-8,15,20H,9-14,16H2,1-2H3/p+1/t20-/m1/s1. The van der Waals surface area contributed by atoms with Gasteiger partial charge in [0.15, 0.2) is 17.5 Å². The largest absolute Gasteiger partial charge is 0.493 e. The van der Waals surface area contributed by atoms with Gasteiger partial charge in [-0.25, -0.2) is 0 Å². The van der Waals surface area contributed by atoms with Crippen LogP contribution in [0.3, 0.4) is 0 Å². The highest BCUT2D eigenvalue weighted by Crippen LogP contribution is 2.28. The number of anilines is 1. The van der Waals surface area contributed by atoms with E-state index in [4.69, 9.17) is 9.47 Å². The second kappa shape index (κ2) is 10.1. The van der Waals surface area contributed by atoms with Crippen LogP contribution in [0.15, 0.2) is 42.5 Å². The normalized spacial score (nSPS) is 18.9. The van der Waals surface area contributed by atoms with Crippen LogP contribution in [0.2, 0.25) is 0 Å². The number of hydrogen-bond donors (Lipinski definition) is 1. The number of nitro groups is 1. The molecule has 10 nitrogen and oxygen atoms in total. The van der Waals surface area contributed by atoms with Gasteiger partial charge in [0.2, 0.25) is 5.91 Å². The van der Waals surface area contributed by atoms with Gasteiger partial charge in [-0.05, 0) is 36.2 Å². The number of non-ortho nitro benzene ring substituents is 1. The smallest absolute Gasteiger partial charge is 0.288 e. The van der Waals surface area contributed by atoms with Gasteiger partial charge in [-0.15, -0.1) is 0 Å². The van der Waals surface area contributed by atoms with Crippen LogP contribution in [-0.2, 0) is 16.0 Å². The summed E-state index contributed by atoms with van der Waals surface area (Å²) in [5, 5.41) is 10.9. The highest BCUT2D eigenvalue weighted by atomic mass is 16.6. The van der Waals surface area contributed by atoms with Gasteiger partial charge >= 0.3 is 0 Å². The Kier molecular flexibility index (Phi) is 6.97. The van der Waals surface area contributed by atoms with Gasteiger partial charge in [0.05, 0.1) is 51.7 Å². The lowest BCUT2D eigenvalue weighted by Gasteiger charge is -2.35. The number of carbonyl (C=O) groups is 2. The van der Waals surface area contributed by atoms with Crippen LogP contribution in [0.4, 0.5) is 11.4 Å². The van der Waals surface area contributed by atoms with Gasteiger partial charge in [-0.2, -0.15) is 0 Å². The van der Waals surface area contributed by atoms with E-state index in [1.165, 1.54) is 17.0 Å². The lowest BCUT2D eigenvalue weighted by Crippen LogP contribution is -3.19. The average Bonchev–Trinajstić information content (AvgIpc) is 3.15. The third kappa shape index (κ3) is 4.81. The number of benzene rings is 2. The SMILES string of the molecule is COc1ccc(CCN2C(=O)C[C@@H]([NH+]3CCN(c4ccc([N+](=O)[O-])cc4)CC3)C2=O)cc1OC. The molecule has 2 aromatic carbocycles. The summed E-state index contributed by atoms with van der Waals surface area (Å²) in [7, 11) is 3.15. The topological polar surface area (TPSA) is 107 Å². The van der Waals surface area contributed by atoms with Crippen molar-refractivity contribution >= 4 is 23.2 Å². The molecule has 34 heavy (non-hydrogen) atoms. The Bertz CT molecular complexity index is 1070. The Morgan fingerprint density at radius 1 is 1.03 bits per heavy atom. The fourth-order valence-corrected chi connectivity index (χ4v) is 4.70. The summed E-state index contributed by atoms with van der Waals surface area (Å²) in [4.78, 5) is 40.8. The van der Waals surface area contributed by atoms with Crippen LogP contribution >= 0.6 is 0 Å². The van der Waals surface area contributed by atoms with E-state index in [-0.39, 0.29) is 30.0 Å². The lowest BCUT2D eigenvalue weighted by atomic mass is 10.1. The summed E-state index contributed by atoms with van der Waals surface area (Å²) >= 11 is 0. The molecular weight excluding hydrogens is 440 g/mol. The van der Waals surface area contributed by atoms with Crippen LogP contribution in [-0.4, -0.2) is 74.6 Å². The number of quaternary nitrogens is 1. The van der Waals surface area contributed by atoms with E-state index in [9.17, 15) is 19.7 Å². The molecule has 0 aliphatic carbocycles. The molecule has 1 N–H and O–H groups in total. The van der Waals surface area contributed by atoms with E-state index in [2.05, 4.69) is 4.90 Å². The highest BCUT2D eigenvalue weighted by Gasteiger charge is 2.45. The first-order valence-corrected chi connectivity index (χ1v) is 11.3. The van der Waals surface area contributed by atoms with Crippen molar-refractivity contribution in [1.29, 1.82) is 0 Å². The van der Waals surface area contributed by atoms with Crippen molar-refractivity contribution in [3.8, 4) is 11.5 Å². The zero-order chi connectivity index (χ0) is 24.2. The number of methoxy groups -OCH3 is 2. The van der Waals surface area contributed by atoms with Crippen molar-refractivity contribution in [3.05, 3.63) is 58.1 Å². The lowest BCUT2D eigenvalue weighted by molar-refractivity contribution is -0.915. The molecule has 1 atom stereocenters. The zero-order valence-corrected chi connectivity index (χ0v) is 19.4. The monoisotopic (exact) mass is 469 g/mol. The first-order chi connectivity index (χ1) is 16.4. The van der Waals surface area contributed by atoms with Crippen LogP contribution < -0.4 is 19.3 Å². The Morgan fingerprint density at radius 2 is 1.71 bits per heavy atom. The molecular formula is C24H29N4O6+. The number of imide groups is 1. The molecule has 2 amide bonds. The molecule has 4 rings (SSSR count). The maximum atomic E-state index is 13.1. The van der Waals surface area contributed by atoms with E-state index < -0.39 is 4.92 Å². The van der Waals surface area contributed by atoms with Gasteiger partial charge in [0.1, 0.15) is 0 Å². The Balaban J connectivity index is 1.33. The number of piperazine rings is 1. The van der Waals surface area contributed by atoms with E-state index in [1.807, 2.05) is 18.2 Å². The van der Waals surface area contributed by atoms with E-state index >= 15 is 0 Å². The molecule has 0 unspecified atom stereocenters. The van der Waals surface area contributed by atoms with Crippen LogP contribution in [0, 0.1) is 10.1 Å². The van der Waals surface area contributed by atoms with E-state index in [0.29, 0.717) is 24.5 Å². The average molecular weight is 470 g/mol. The first kappa shape index (κ1) is 23.5. The summed E-state index contributed by atoms with van der Waals surface area (Å²) in [5.74, 6) is 1.02. The molecule has 2 fully saturated rings. The van der Waals surface area contributed by atoms with Gasteiger partial charge in [-0.1, -0.05) is 6.07 Å². The molecule has 2 aliphatic rings. The van der Waals surface area contributed by atoms with Crippen LogP contribution in [0.5, 0.6) is 11.5 Å². The summed E-state index contributed by atoms with van der Waals surface area (Å²) in [5.41, 5.74) is 1.96. The molecule has 180 valence electrons. The maximum Gasteiger partial charge on any atom is 0.288 e. The second-order valence-electron chi connectivity index (χ2n) is 8.50. The van der Waals surface area contributed by atoms with E-state index in [0.717, 1.165) is 42.3 Å². The van der Waals surface area contributed by atoms with Crippen LogP contribution in [0.1, 0.15) is 12.0 Å². The third-order valence-electron chi connectivity index (χ3n) is 6.64. The van der Waals surface area contributed by atoms with Crippen molar-refractivity contribution in [2.75, 3.05) is 51.8 Å². The zero-order valence-electron chi connectivity index (χ0n) is 19.4. The molecule has 2 saturated heterocycles. The number of ether oxygens (including phenoxy) is 2. The number of nitrogens with zero attached hydrogens (tertiary/aromatic N) is 3. The summed E-state index contributed by atoms with van der Waals surface area (Å²) < 4.78 is 10.6. The van der Waals surface area contributed by atoms with Crippen molar-refractivity contribution in [2.45, 2.75) is 18.9 Å². The maximum absolute atomic E-state index is 13.1. The molecule has 0 saturated carbocycles. The van der Waals surface area contributed by atoms with Gasteiger partial charge < -0.3 is 19.3 Å². The minimum Gasteiger partial charge on any atom is -0.493 e. The minimum absolute atomic E-state index is 0.0660. The van der Waals surface area contributed by atoms with Gasteiger partial charge in [-0.3, -0.25) is 24.6 Å². The molecule has 2 aromatic rings. The van der Waals surface area contributed by atoms with Crippen molar-refractivity contribution in [1.82, 2.24) is 4.90 Å².